The smallest absolute Gasteiger partial charge is 0.258 e. The number of phenolic OH excluding ortho intramolecular Hbond substituents is 1. The Balaban J connectivity index is 1.96. The molecule has 0 saturated heterocycles. The molecule has 0 spiro atoms. The lowest BCUT2D eigenvalue weighted by molar-refractivity contribution is 0.373. The monoisotopic (exact) mass is 283 g/mol. The summed E-state index contributed by atoms with van der Waals surface area (Å²) in [7, 11) is 1.49. The number of phenols is 1. The summed E-state index contributed by atoms with van der Waals surface area (Å²) in [4.78, 5) is 8.50. The molecule has 6 nitrogen and oxygen atoms in total. The highest BCUT2D eigenvalue weighted by molar-refractivity contribution is 5.61. The molecule has 0 unspecified atom stereocenters. The second-order valence-corrected chi connectivity index (χ2v) is 4.53. The summed E-state index contributed by atoms with van der Waals surface area (Å²) in [6, 6.07) is 8.66. The Morgan fingerprint density at radius 2 is 2.05 bits per heavy atom. The van der Waals surface area contributed by atoms with Crippen LogP contribution < -0.4 is 4.74 Å². The van der Waals surface area contributed by atoms with Gasteiger partial charge in [-0.15, -0.1) is 0 Å². The molecule has 3 aromatic rings. The highest BCUT2D eigenvalue weighted by Gasteiger charge is 2.13. The first-order chi connectivity index (χ1) is 10.2. The lowest BCUT2D eigenvalue weighted by atomic mass is 10.2. The highest BCUT2D eigenvalue weighted by Crippen LogP contribution is 2.31. The fraction of sp³-hybridized carbons (Fsp3) is 0.133. The maximum atomic E-state index is 9.79. The predicted molar refractivity (Wildman–Crippen MR) is 75.9 cm³/mol. The van der Waals surface area contributed by atoms with Gasteiger partial charge in [-0.25, -0.2) is 0 Å². The fourth-order valence-electron chi connectivity index (χ4n) is 1.93. The Morgan fingerprint density at radius 1 is 1.19 bits per heavy atom. The molecule has 0 amide bonds. The molecule has 0 aliphatic rings. The van der Waals surface area contributed by atoms with Gasteiger partial charge in [-0.1, -0.05) is 5.16 Å². The minimum absolute atomic E-state index is 0.0171. The average molecular weight is 283 g/mol. The molecule has 0 fully saturated rings. The summed E-state index contributed by atoms with van der Waals surface area (Å²) < 4.78 is 10.2. The molecule has 1 N–H and O–H groups in total. The largest absolute Gasteiger partial charge is 0.504 e. The molecule has 0 bridgehead atoms. The zero-order chi connectivity index (χ0) is 14.8. The summed E-state index contributed by atoms with van der Waals surface area (Å²) in [5, 5.41) is 13.7. The first-order valence-corrected chi connectivity index (χ1v) is 6.31. The molecule has 0 aliphatic heterocycles. The molecule has 106 valence electrons. The Kier molecular flexibility index (Phi) is 3.27. The first kappa shape index (κ1) is 13.1. The number of nitrogens with zero attached hydrogens (tertiary/aromatic N) is 3. The van der Waals surface area contributed by atoms with E-state index in [1.807, 2.05) is 19.1 Å². The van der Waals surface area contributed by atoms with Crippen molar-refractivity contribution in [3.8, 4) is 34.5 Å². The van der Waals surface area contributed by atoms with Gasteiger partial charge >= 0.3 is 0 Å². The molecule has 21 heavy (non-hydrogen) atoms. The van der Waals surface area contributed by atoms with Crippen LogP contribution in [0.3, 0.4) is 0 Å². The average Bonchev–Trinajstić information content (AvgIpc) is 2.97. The van der Waals surface area contributed by atoms with Crippen LogP contribution in [-0.4, -0.2) is 27.3 Å². The molecule has 2 heterocycles. The molecule has 6 heteroatoms. The quantitative estimate of drug-likeness (QED) is 0.796. The van der Waals surface area contributed by atoms with Gasteiger partial charge in [-0.2, -0.15) is 4.98 Å². The molecule has 0 radical (unpaired) electrons. The molecule has 1 aromatic carbocycles. The summed E-state index contributed by atoms with van der Waals surface area (Å²) >= 11 is 0. The van der Waals surface area contributed by atoms with E-state index in [0.29, 0.717) is 28.7 Å². The third-order valence-corrected chi connectivity index (χ3v) is 3.00. The van der Waals surface area contributed by atoms with Crippen LogP contribution >= 0.6 is 0 Å². The SMILES string of the molecule is COc1ccc(-c2nc(-c3cc(C)ccn3)no2)cc1O. The van der Waals surface area contributed by atoms with Crippen LogP contribution in [0, 0.1) is 6.92 Å². The van der Waals surface area contributed by atoms with Crippen LogP contribution in [0.5, 0.6) is 11.5 Å². The minimum atomic E-state index is 0.0171. The lowest BCUT2D eigenvalue weighted by Gasteiger charge is -2.03. The first-order valence-electron chi connectivity index (χ1n) is 6.31. The van der Waals surface area contributed by atoms with Crippen molar-refractivity contribution < 1.29 is 14.4 Å². The van der Waals surface area contributed by atoms with Crippen LogP contribution in [0.4, 0.5) is 0 Å². The van der Waals surface area contributed by atoms with Crippen molar-refractivity contribution in [3.05, 3.63) is 42.1 Å². The third kappa shape index (κ3) is 2.55. The minimum Gasteiger partial charge on any atom is -0.504 e. The van der Waals surface area contributed by atoms with Gasteiger partial charge in [0.05, 0.1) is 7.11 Å². The summed E-state index contributed by atoms with van der Waals surface area (Å²) in [6.45, 7) is 1.97. The van der Waals surface area contributed by atoms with Gasteiger partial charge in [0.15, 0.2) is 11.5 Å². The van der Waals surface area contributed by atoms with Crippen molar-refractivity contribution in [2.75, 3.05) is 7.11 Å². The van der Waals surface area contributed by atoms with Gasteiger partial charge in [0.25, 0.3) is 5.89 Å². The number of aromatic hydroxyl groups is 1. The second-order valence-electron chi connectivity index (χ2n) is 4.53. The molecular weight excluding hydrogens is 270 g/mol. The Morgan fingerprint density at radius 3 is 2.76 bits per heavy atom. The van der Waals surface area contributed by atoms with E-state index in [-0.39, 0.29) is 5.75 Å². The maximum absolute atomic E-state index is 9.79. The fourth-order valence-corrected chi connectivity index (χ4v) is 1.93. The number of pyridine rings is 1. The van der Waals surface area contributed by atoms with Crippen molar-refractivity contribution in [2.45, 2.75) is 6.92 Å². The number of aromatic nitrogens is 3. The van der Waals surface area contributed by atoms with E-state index in [4.69, 9.17) is 9.26 Å². The van der Waals surface area contributed by atoms with Gasteiger partial charge in [0, 0.05) is 11.8 Å². The number of rotatable bonds is 3. The van der Waals surface area contributed by atoms with E-state index in [9.17, 15) is 5.11 Å². The predicted octanol–water partition coefficient (Wildman–Crippen LogP) is 2.82. The number of hydrogen-bond acceptors (Lipinski definition) is 6. The van der Waals surface area contributed by atoms with Crippen molar-refractivity contribution in [3.63, 3.8) is 0 Å². The van der Waals surface area contributed by atoms with Crippen molar-refractivity contribution in [2.24, 2.45) is 0 Å². The second kappa shape index (κ2) is 5.24. The van der Waals surface area contributed by atoms with Crippen LogP contribution in [0.25, 0.3) is 23.0 Å². The van der Waals surface area contributed by atoms with E-state index in [2.05, 4.69) is 15.1 Å². The van der Waals surface area contributed by atoms with Crippen LogP contribution in [0.15, 0.2) is 41.1 Å². The van der Waals surface area contributed by atoms with Crippen LogP contribution in [-0.2, 0) is 0 Å². The van der Waals surface area contributed by atoms with E-state index in [0.717, 1.165) is 5.56 Å². The van der Waals surface area contributed by atoms with Crippen LogP contribution in [0.2, 0.25) is 0 Å². The summed E-state index contributed by atoms with van der Waals surface area (Å²) in [6.07, 6.45) is 1.69. The van der Waals surface area contributed by atoms with E-state index >= 15 is 0 Å². The van der Waals surface area contributed by atoms with Gasteiger partial charge in [-0.3, -0.25) is 4.98 Å². The summed E-state index contributed by atoms with van der Waals surface area (Å²) in [5.74, 6) is 1.12. The number of benzene rings is 1. The molecule has 0 saturated carbocycles. The van der Waals surface area contributed by atoms with Crippen molar-refractivity contribution in [1.82, 2.24) is 15.1 Å². The highest BCUT2D eigenvalue weighted by atomic mass is 16.5. The molecular formula is C15H13N3O3. The number of ether oxygens (including phenoxy) is 1. The normalized spacial score (nSPS) is 10.6. The van der Waals surface area contributed by atoms with E-state index < -0.39 is 0 Å². The van der Waals surface area contributed by atoms with Crippen molar-refractivity contribution in [1.29, 1.82) is 0 Å². The Labute approximate surface area is 121 Å². The van der Waals surface area contributed by atoms with Gasteiger partial charge in [0.2, 0.25) is 5.82 Å². The molecule has 0 atom stereocenters. The zero-order valence-electron chi connectivity index (χ0n) is 11.6. The van der Waals surface area contributed by atoms with Gasteiger partial charge in [0.1, 0.15) is 5.69 Å². The van der Waals surface area contributed by atoms with Crippen molar-refractivity contribution >= 4 is 0 Å². The number of hydrogen-bond donors (Lipinski definition) is 1. The number of methoxy groups -OCH3 is 1. The maximum Gasteiger partial charge on any atom is 0.258 e. The third-order valence-electron chi connectivity index (χ3n) is 3.00. The summed E-state index contributed by atoms with van der Waals surface area (Å²) in [5.41, 5.74) is 2.32. The molecule has 2 aromatic heterocycles. The number of aryl methyl sites for hydroxylation is 1. The van der Waals surface area contributed by atoms with E-state index in [1.54, 1.807) is 18.3 Å². The van der Waals surface area contributed by atoms with Crippen LogP contribution in [0.1, 0.15) is 5.56 Å². The Bertz CT molecular complexity index is 783. The van der Waals surface area contributed by atoms with E-state index in [1.165, 1.54) is 13.2 Å². The molecule has 3 rings (SSSR count). The Hall–Kier alpha value is -2.89. The topological polar surface area (TPSA) is 81.3 Å². The molecule has 0 aliphatic carbocycles. The van der Waals surface area contributed by atoms with Gasteiger partial charge < -0.3 is 14.4 Å². The standard InChI is InChI=1S/C15H13N3O3/c1-9-5-6-16-11(7-9)14-17-15(21-18-14)10-3-4-13(20-2)12(19)8-10/h3-8,19H,1-2H3. The lowest BCUT2D eigenvalue weighted by Crippen LogP contribution is -1.87. The van der Waals surface area contributed by atoms with Gasteiger partial charge in [-0.05, 0) is 42.8 Å². The zero-order valence-corrected chi connectivity index (χ0v) is 11.6.